The first-order valence-corrected chi connectivity index (χ1v) is 15.4. The van der Waals surface area contributed by atoms with Gasteiger partial charge in [-0.25, -0.2) is 4.79 Å². The lowest BCUT2D eigenvalue weighted by atomic mass is 10.1. The van der Waals surface area contributed by atoms with Gasteiger partial charge in [-0.1, -0.05) is 54.8 Å². The van der Waals surface area contributed by atoms with Gasteiger partial charge >= 0.3 is 16.1 Å². The van der Waals surface area contributed by atoms with Crippen LogP contribution >= 0.6 is 23.4 Å². The van der Waals surface area contributed by atoms with Crippen LogP contribution in [0.4, 0.5) is 15.3 Å². The fraction of sp³-hybridized carbons (Fsp3) is 0.286. The second-order valence-corrected chi connectivity index (χ2v) is 11.9. The van der Waals surface area contributed by atoms with Gasteiger partial charge in [0.25, 0.3) is 5.24 Å². The number of anilines is 1. The van der Waals surface area contributed by atoms with Gasteiger partial charge in [-0.05, 0) is 78.7 Å². The van der Waals surface area contributed by atoms with E-state index in [1.807, 2.05) is 59.5 Å². The van der Waals surface area contributed by atoms with Gasteiger partial charge in [0.2, 0.25) is 0 Å². The molecule has 2 N–H and O–H groups in total. The van der Waals surface area contributed by atoms with Gasteiger partial charge < -0.3 is 19.7 Å². The number of carbonyl (C=O) groups is 2. The van der Waals surface area contributed by atoms with E-state index in [0.29, 0.717) is 17.5 Å². The van der Waals surface area contributed by atoms with Crippen molar-refractivity contribution in [2.75, 3.05) is 18.6 Å². The Balaban J connectivity index is 0.000000231. The summed E-state index contributed by atoms with van der Waals surface area (Å²) in [6.07, 6.45) is 5.52. The molecule has 8 nitrogen and oxygen atoms in total. The molecule has 1 aliphatic rings. The minimum Gasteiger partial charge on any atom is -0.383 e. The number of nitrogens with zero attached hydrogens (tertiary/aromatic N) is 1. The molecule has 3 amide bonds. The highest BCUT2D eigenvalue weighted by Gasteiger charge is 2.26. The SMILES string of the molecule is CNC(=O)Sc1ccc(OS(C)(=O)=O)cc1.O=C(Nc1ccccc1)N(Cc1ccc(Cl)cc1)C1CCCC1. The molecule has 11 heteroatoms. The molecule has 3 aromatic rings. The summed E-state index contributed by atoms with van der Waals surface area (Å²) in [6, 6.07) is 23.8. The molecule has 1 fully saturated rings. The third-order valence-electron chi connectivity index (χ3n) is 5.80. The number of carbonyl (C=O) groups excluding carboxylic acids is 2. The predicted molar refractivity (Wildman–Crippen MR) is 157 cm³/mol. The molecule has 208 valence electrons. The fourth-order valence-electron chi connectivity index (χ4n) is 3.98. The molecule has 39 heavy (non-hydrogen) atoms. The van der Waals surface area contributed by atoms with E-state index in [1.165, 1.54) is 32.0 Å². The summed E-state index contributed by atoms with van der Waals surface area (Å²) >= 11 is 6.97. The summed E-state index contributed by atoms with van der Waals surface area (Å²) in [4.78, 5) is 26.4. The van der Waals surface area contributed by atoms with Gasteiger partial charge in [-0.15, -0.1) is 0 Å². The second-order valence-electron chi connectivity index (χ2n) is 8.89. The zero-order valence-corrected chi connectivity index (χ0v) is 24.2. The van der Waals surface area contributed by atoms with E-state index in [0.717, 1.165) is 47.1 Å². The normalized spacial score (nSPS) is 13.1. The van der Waals surface area contributed by atoms with Crippen molar-refractivity contribution in [3.8, 4) is 5.75 Å². The van der Waals surface area contributed by atoms with Gasteiger partial charge in [-0.2, -0.15) is 8.42 Å². The van der Waals surface area contributed by atoms with Crippen molar-refractivity contribution in [1.29, 1.82) is 0 Å². The summed E-state index contributed by atoms with van der Waals surface area (Å²) in [6.45, 7) is 0.612. The van der Waals surface area contributed by atoms with E-state index in [-0.39, 0.29) is 17.0 Å². The smallest absolute Gasteiger partial charge is 0.322 e. The molecule has 3 aromatic carbocycles. The van der Waals surface area contributed by atoms with Crippen molar-refractivity contribution in [1.82, 2.24) is 10.2 Å². The van der Waals surface area contributed by atoms with Gasteiger partial charge in [0.05, 0.1) is 6.26 Å². The van der Waals surface area contributed by atoms with Crippen LogP contribution in [0.5, 0.6) is 5.75 Å². The van der Waals surface area contributed by atoms with Crippen molar-refractivity contribution in [2.45, 2.75) is 43.2 Å². The quantitative estimate of drug-likeness (QED) is 0.233. The molecule has 0 aliphatic heterocycles. The Hall–Kier alpha value is -3.21. The maximum absolute atomic E-state index is 12.8. The van der Waals surface area contributed by atoms with Gasteiger partial charge in [0, 0.05) is 35.2 Å². The van der Waals surface area contributed by atoms with Crippen LogP contribution in [0, 0.1) is 0 Å². The molecule has 0 bridgehead atoms. The minimum absolute atomic E-state index is 0.0296. The molecule has 1 aliphatic carbocycles. The maximum Gasteiger partial charge on any atom is 0.322 e. The van der Waals surface area contributed by atoms with E-state index in [4.69, 9.17) is 11.6 Å². The molecule has 0 aromatic heterocycles. The van der Waals surface area contributed by atoms with Crippen molar-refractivity contribution in [3.63, 3.8) is 0 Å². The van der Waals surface area contributed by atoms with Crippen LogP contribution in [0.2, 0.25) is 5.02 Å². The van der Waals surface area contributed by atoms with Crippen LogP contribution in [0.25, 0.3) is 0 Å². The average molecular weight is 590 g/mol. The van der Waals surface area contributed by atoms with Crippen molar-refractivity contribution < 1.29 is 22.2 Å². The number of urea groups is 1. The van der Waals surface area contributed by atoms with Crippen LogP contribution in [0.1, 0.15) is 31.2 Å². The zero-order chi connectivity index (χ0) is 28.3. The molecule has 0 atom stereocenters. The Kier molecular flexibility index (Phi) is 11.5. The van der Waals surface area contributed by atoms with Crippen molar-refractivity contribution in [3.05, 3.63) is 89.4 Å². The van der Waals surface area contributed by atoms with Crippen molar-refractivity contribution >= 4 is 50.4 Å². The highest BCUT2D eigenvalue weighted by atomic mass is 35.5. The molecule has 0 spiro atoms. The Labute approximate surface area is 239 Å². The number of amides is 3. The topological polar surface area (TPSA) is 105 Å². The summed E-state index contributed by atoms with van der Waals surface area (Å²) in [5.74, 6) is 0.226. The Morgan fingerprint density at radius 2 is 1.59 bits per heavy atom. The summed E-state index contributed by atoms with van der Waals surface area (Å²) in [7, 11) is -1.97. The van der Waals surface area contributed by atoms with Crippen LogP contribution in [-0.4, -0.2) is 43.9 Å². The Morgan fingerprint density at radius 1 is 0.974 bits per heavy atom. The number of nitrogens with one attached hydrogen (secondary N) is 2. The number of halogens is 1. The zero-order valence-electron chi connectivity index (χ0n) is 21.8. The lowest BCUT2D eigenvalue weighted by Gasteiger charge is -2.29. The summed E-state index contributed by atoms with van der Waals surface area (Å²) < 4.78 is 26.3. The first-order chi connectivity index (χ1) is 18.6. The second kappa shape index (κ2) is 14.8. The van der Waals surface area contributed by atoms with E-state index in [2.05, 4.69) is 14.8 Å². The van der Waals surface area contributed by atoms with Crippen LogP contribution in [0.3, 0.4) is 0 Å². The Morgan fingerprint density at radius 3 is 2.15 bits per heavy atom. The first kappa shape index (κ1) is 30.3. The predicted octanol–water partition coefficient (Wildman–Crippen LogP) is 6.77. The van der Waals surface area contributed by atoms with Crippen LogP contribution in [-0.2, 0) is 16.7 Å². The number of hydrogen-bond acceptors (Lipinski definition) is 6. The number of para-hydroxylation sites is 1. The van der Waals surface area contributed by atoms with Crippen molar-refractivity contribution in [2.24, 2.45) is 0 Å². The highest BCUT2D eigenvalue weighted by Crippen LogP contribution is 2.26. The Bertz CT molecular complexity index is 1320. The third-order valence-corrected chi connectivity index (χ3v) is 7.45. The van der Waals surface area contributed by atoms with Gasteiger partial charge in [0.15, 0.2) is 0 Å². The molecular weight excluding hydrogens is 558 g/mol. The van der Waals surface area contributed by atoms with E-state index in [1.54, 1.807) is 12.1 Å². The minimum atomic E-state index is -3.50. The molecule has 4 rings (SSSR count). The largest absolute Gasteiger partial charge is 0.383 e. The molecule has 0 radical (unpaired) electrons. The highest BCUT2D eigenvalue weighted by molar-refractivity contribution is 8.13. The van der Waals surface area contributed by atoms with E-state index >= 15 is 0 Å². The molecule has 0 unspecified atom stereocenters. The number of benzene rings is 3. The maximum atomic E-state index is 12.8. The van der Waals surface area contributed by atoms with Crippen LogP contribution in [0.15, 0.2) is 83.8 Å². The fourth-order valence-corrected chi connectivity index (χ4v) is 5.16. The van der Waals surface area contributed by atoms with Crippen LogP contribution < -0.4 is 14.8 Å². The van der Waals surface area contributed by atoms with Gasteiger partial charge in [-0.3, -0.25) is 4.79 Å². The standard InChI is InChI=1S/C19H21ClN2O.C9H11NO4S2/c20-16-12-10-15(11-13-16)14-22(18-8-4-5-9-18)19(23)21-17-6-2-1-3-7-17;1-10-9(11)15-8-5-3-7(4-6-8)14-16(2,12)13/h1-3,6-7,10-13,18H,4-5,8-9,14H2,(H,21,23);3-6H,1-2H3,(H,10,11). The molecule has 0 saturated heterocycles. The lowest BCUT2D eigenvalue weighted by molar-refractivity contribution is 0.184. The molecule has 0 heterocycles. The number of rotatable bonds is 7. The van der Waals surface area contributed by atoms with E-state index in [9.17, 15) is 18.0 Å². The lowest BCUT2D eigenvalue weighted by Crippen LogP contribution is -2.41. The summed E-state index contributed by atoms with van der Waals surface area (Å²) in [5.41, 5.74) is 1.93. The average Bonchev–Trinajstić information content (AvgIpc) is 3.44. The third kappa shape index (κ3) is 10.8. The monoisotopic (exact) mass is 589 g/mol. The molecule has 1 saturated carbocycles. The summed E-state index contributed by atoms with van der Waals surface area (Å²) in [5, 5.41) is 6.01. The first-order valence-electron chi connectivity index (χ1n) is 12.4. The number of thioether (sulfide) groups is 1. The number of hydrogen-bond donors (Lipinski definition) is 2. The van der Waals surface area contributed by atoms with Gasteiger partial charge in [0.1, 0.15) is 5.75 Å². The molecular formula is C28H32ClN3O5S2. The van der Waals surface area contributed by atoms with E-state index < -0.39 is 10.1 Å².